The van der Waals surface area contributed by atoms with Gasteiger partial charge in [0.2, 0.25) is 0 Å². The van der Waals surface area contributed by atoms with Gasteiger partial charge in [-0.05, 0) is 26.8 Å². The van der Waals surface area contributed by atoms with Gasteiger partial charge in [0.25, 0.3) is 11.8 Å². The lowest BCUT2D eigenvalue weighted by Gasteiger charge is -2.13. The van der Waals surface area contributed by atoms with E-state index in [1.54, 1.807) is 29.5 Å². The smallest absolute Gasteiger partial charge is 0.273 e. The van der Waals surface area contributed by atoms with E-state index in [0.29, 0.717) is 29.1 Å². The first kappa shape index (κ1) is 21.2. The Morgan fingerprint density at radius 2 is 1.91 bits per heavy atom. The van der Waals surface area contributed by atoms with Crippen molar-refractivity contribution in [1.29, 1.82) is 0 Å². The second kappa shape index (κ2) is 8.25. The molecular weight excluding hydrogens is 410 g/mol. The highest BCUT2D eigenvalue weighted by atomic mass is 16.2. The second-order valence-electron chi connectivity index (χ2n) is 7.48. The van der Waals surface area contributed by atoms with E-state index in [4.69, 9.17) is 0 Å². The largest absolute Gasteiger partial charge is 0.343 e. The van der Waals surface area contributed by atoms with Crippen LogP contribution in [0.3, 0.4) is 0 Å². The summed E-state index contributed by atoms with van der Waals surface area (Å²) in [6.07, 6.45) is 6.54. The fourth-order valence-electron chi connectivity index (χ4n) is 3.53. The van der Waals surface area contributed by atoms with Gasteiger partial charge in [-0.15, -0.1) is 0 Å². The number of rotatable bonds is 6. The fraction of sp³-hybridized carbons (Fsp3) is 0.333. The summed E-state index contributed by atoms with van der Waals surface area (Å²) in [5, 5.41) is 15.9. The molecule has 0 aromatic carbocycles. The summed E-state index contributed by atoms with van der Waals surface area (Å²) in [7, 11) is 3.31. The standard InChI is InChI=1S/C21H25N9O2/c1-6-28-12-15(13(3)26-28)17-8-9-22-19-14(10-24-30(17)19)20(31)25-16-11-23-29(7-2)18(16)21(32)27(4)5/h8-12H,6-7H2,1-5H3,(H,25,31). The normalized spacial score (nSPS) is 11.2. The molecule has 32 heavy (non-hydrogen) atoms. The van der Waals surface area contributed by atoms with Crippen molar-refractivity contribution in [3.05, 3.63) is 47.8 Å². The van der Waals surface area contributed by atoms with E-state index in [9.17, 15) is 9.59 Å². The zero-order valence-electron chi connectivity index (χ0n) is 18.7. The number of aryl methyl sites for hydroxylation is 3. The molecule has 0 atom stereocenters. The van der Waals surface area contributed by atoms with Gasteiger partial charge in [-0.1, -0.05) is 0 Å². The molecule has 1 N–H and O–H groups in total. The molecule has 0 fully saturated rings. The minimum absolute atomic E-state index is 0.247. The number of fused-ring (bicyclic) bond motifs is 1. The lowest BCUT2D eigenvalue weighted by Crippen LogP contribution is -2.26. The molecule has 0 unspecified atom stereocenters. The summed E-state index contributed by atoms with van der Waals surface area (Å²) in [6.45, 7) is 7.08. The van der Waals surface area contributed by atoms with Crippen molar-refractivity contribution in [3.8, 4) is 11.3 Å². The number of hydrogen-bond donors (Lipinski definition) is 1. The molecule has 0 aliphatic carbocycles. The minimum Gasteiger partial charge on any atom is -0.343 e. The Morgan fingerprint density at radius 3 is 2.56 bits per heavy atom. The third-order valence-electron chi connectivity index (χ3n) is 5.19. The number of hydrogen-bond acceptors (Lipinski definition) is 6. The Labute approximate surface area is 184 Å². The topological polar surface area (TPSA) is 115 Å². The number of aromatic nitrogens is 7. The predicted molar refractivity (Wildman–Crippen MR) is 118 cm³/mol. The van der Waals surface area contributed by atoms with Crippen molar-refractivity contribution in [2.24, 2.45) is 0 Å². The molecule has 0 aliphatic heterocycles. The maximum absolute atomic E-state index is 13.1. The first-order valence-corrected chi connectivity index (χ1v) is 10.3. The van der Waals surface area contributed by atoms with E-state index < -0.39 is 5.91 Å². The molecule has 11 heteroatoms. The summed E-state index contributed by atoms with van der Waals surface area (Å²) >= 11 is 0. The van der Waals surface area contributed by atoms with Gasteiger partial charge in [0, 0.05) is 45.1 Å². The Hall–Kier alpha value is -4.02. The maximum atomic E-state index is 13.1. The quantitative estimate of drug-likeness (QED) is 0.496. The predicted octanol–water partition coefficient (Wildman–Crippen LogP) is 2.09. The van der Waals surface area contributed by atoms with Gasteiger partial charge >= 0.3 is 0 Å². The van der Waals surface area contributed by atoms with Gasteiger partial charge in [-0.3, -0.25) is 19.0 Å². The van der Waals surface area contributed by atoms with Crippen molar-refractivity contribution < 1.29 is 9.59 Å². The van der Waals surface area contributed by atoms with Gasteiger partial charge in [-0.2, -0.15) is 15.3 Å². The summed E-state index contributed by atoms with van der Waals surface area (Å²) < 4.78 is 5.03. The van der Waals surface area contributed by atoms with Gasteiger partial charge in [0.1, 0.15) is 11.3 Å². The zero-order chi connectivity index (χ0) is 23.0. The van der Waals surface area contributed by atoms with Crippen molar-refractivity contribution in [2.45, 2.75) is 33.9 Å². The van der Waals surface area contributed by atoms with Crippen LogP contribution in [0.4, 0.5) is 5.69 Å². The van der Waals surface area contributed by atoms with Gasteiger partial charge < -0.3 is 10.2 Å². The summed E-state index contributed by atoms with van der Waals surface area (Å²) in [5.74, 6) is -0.669. The summed E-state index contributed by atoms with van der Waals surface area (Å²) in [6, 6.07) is 1.84. The highest BCUT2D eigenvalue weighted by Crippen LogP contribution is 2.24. The average Bonchev–Trinajstić information content (AvgIpc) is 3.48. The molecule has 0 bridgehead atoms. The Balaban J connectivity index is 1.72. The number of nitrogens with one attached hydrogen (secondary N) is 1. The Morgan fingerprint density at radius 1 is 1.12 bits per heavy atom. The molecule has 0 aliphatic rings. The Kier molecular flexibility index (Phi) is 5.47. The van der Waals surface area contributed by atoms with Crippen molar-refractivity contribution in [2.75, 3.05) is 19.4 Å². The van der Waals surface area contributed by atoms with Crippen molar-refractivity contribution in [3.63, 3.8) is 0 Å². The first-order chi connectivity index (χ1) is 15.3. The van der Waals surface area contributed by atoms with E-state index in [1.165, 1.54) is 17.3 Å². The monoisotopic (exact) mass is 435 g/mol. The van der Waals surface area contributed by atoms with Crippen LogP contribution < -0.4 is 5.32 Å². The molecule has 11 nitrogen and oxygen atoms in total. The molecular formula is C21H25N9O2. The Bertz CT molecular complexity index is 1310. The number of amides is 2. The van der Waals surface area contributed by atoms with Gasteiger partial charge in [0.05, 0.1) is 29.5 Å². The SMILES string of the molecule is CCn1cc(-c2ccnc3c(C(=O)Nc4cnn(CC)c4C(=O)N(C)C)cnn23)c(C)n1. The molecule has 2 amide bonds. The number of carbonyl (C=O) groups is 2. The lowest BCUT2D eigenvalue weighted by molar-refractivity contribution is 0.0816. The zero-order valence-corrected chi connectivity index (χ0v) is 18.7. The first-order valence-electron chi connectivity index (χ1n) is 10.3. The van der Waals surface area contributed by atoms with Crippen LogP contribution in [-0.2, 0) is 13.1 Å². The van der Waals surface area contributed by atoms with Crippen LogP contribution >= 0.6 is 0 Å². The fourth-order valence-corrected chi connectivity index (χ4v) is 3.53. The molecule has 4 heterocycles. The van der Waals surface area contributed by atoms with E-state index in [1.807, 2.05) is 37.7 Å². The van der Waals surface area contributed by atoms with Crippen molar-refractivity contribution in [1.82, 2.24) is 39.1 Å². The second-order valence-corrected chi connectivity index (χ2v) is 7.48. The van der Waals surface area contributed by atoms with E-state index >= 15 is 0 Å². The van der Waals surface area contributed by atoms with E-state index in [2.05, 4.69) is 25.6 Å². The maximum Gasteiger partial charge on any atom is 0.273 e. The molecule has 0 spiro atoms. The van der Waals surface area contributed by atoms with Gasteiger partial charge in [0.15, 0.2) is 5.65 Å². The summed E-state index contributed by atoms with van der Waals surface area (Å²) in [5.41, 5.74) is 3.92. The van der Waals surface area contributed by atoms with Crippen LogP contribution in [0.2, 0.25) is 0 Å². The molecule has 0 radical (unpaired) electrons. The number of carbonyl (C=O) groups excluding carboxylic acids is 2. The van der Waals surface area contributed by atoms with E-state index in [-0.39, 0.29) is 5.91 Å². The van der Waals surface area contributed by atoms with Crippen LogP contribution in [0, 0.1) is 6.92 Å². The number of anilines is 1. The van der Waals surface area contributed by atoms with Crippen LogP contribution in [0.5, 0.6) is 0 Å². The third kappa shape index (κ3) is 3.51. The van der Waals surface area contributed by atoms with Crippen LogP contribution in [0.15, 0.2) is 30.9 Å². The molecule has 4 aromatic rings. The van der Waals surface area contributed by atoms with E-state index in [0.717, 1.165) is 23.5 Å². The van der Waals surface area contributed by atoms with Crippen LogP contribution in [0.25, 0.3) is 16.9 Å². The van der Waals surface area contributed by atoms with Crippen LogP contribution in [-0.4, -0.2) is 65.0 Å². The molecule has 166 valence electrons. The minimum atomic E-state index is -0.422. The average molecular weight is 435 g/mol. The third-order valence-corrected chi connectivity index (χ3v) is 5.19. The highest BCUT2D eigenvalue weighted by molar-refractivity contribution is 6.11. The molecule has 0 saturated heterocycles. The number of nitrogens with zero attached hydrogens (tertiary/aromatic N) is 8. The van der Waals surface area contributed by atoms with Gasteiger partial charge in [-0.25, -0.2) is 9.50 Å². The van der Waals surface area contributed by atoms with Crippen molar-refractivity contribution >= 4 is 23.1 Å². The van der Waals surface area contributed by atoms with Crippen LogP contribution in [0.1, 0.15) is 40.4 Å². The highest BCUT2D eigenvalue weighted by Gasteiger charge is 2.23. The molecule has 4 rings (SSSR count). The molecule has 4 aromatic heterocycles. The molecule has 0 saturated carbocycles. The lowest BCUT2D eigenvalue weighted by atomic mass is 10.2. The summed E-state index contributed by atoms with van der Waals surface area (Å²) in [4.78, 5) is 31.6.